The van der Waals surface area contributed by atoms with E-state index in [0.717, 1.165) is 0 Å². The van der Waals surface area contributed by atoms with Gasteiger partial charge in [0.05, 0.1) is 18.8 Å². The molecule has 0 spiro atoms. The maximum atomic E-state index is 12.3. The van der Waals surface area contributed by atoms with Crippen molar-refractivity contribution in [3.8, 4) is 0 Å². The number of hydrogen-bond acceptors (Lipinski definition) is 8. The summed E-state index contributed by atoms with van der Waals surface area (Å²) in [4.78, 5) is 58.0. The standard InChI is InChI=1S/C15H27N5O8/c1-6(21)11(19-10(24)5-16)14(26)20-12(7(2)22)13(25)18-8(15(27)28)3-4-9(17)23/h6-8,11-12,21-22H,3-5,16H2,1-2H3,(H2,17,23)(H,18,25)(H,19,24)(H,20,26)(H,27,28). The molecule has 160 valence electrons. The van der Waals surface area contributed by atoms with Crippen molar-refractivity contribution in [3.05, 3.63) is 0 Å². The van der Waals surface area contributed by atoms with Gasteiger partial charge in [0.1, 0.15) is 18.1 Å². The molecule has 0 saturated carbocycles. The Hall–Kier alpha value is -2.77. The van der Waals surface area contributed by atoms with E-state index in [1.165, 1.54) is 13.8 Å². The van der Waals surface area contributed by atoms with Gasteiger partial charge in [0.25, 0.3) is 0 Å². The zero-order valence-electron chi connectivity index (χ0n) is 15.5. The highest BCUT2D eigenvalue weighted by atomic mass is 16.4. The summed E-state index contributed by atoms with van der Waals surface area (Å²) in [6.45, 7) is 1.93. The predicted octanol–water partition coefficient (Wildman–Crippen LogP) is -4.49. The SMILES string of the molecule is CC(O)C(NC(=O)CN)C(=O)NC(C(=O)NC(CCC(N)=O)C(=O)O)C(C)O. The largest absolute Gasteiger partial charge is 0.480 e. The summed E-state index contributed by atoms with van der Waals surface area (Å²) in [5.41, 5.74) is 10.1. The number of carbonyl (C=O) groups is 5. The number of hydrogen-bond donors (Lipinski definition) is 8. The summed E-state index contributed by atoms with van der Waals surface area (Å²) in [5.74, 6) is -4.99. The molecule has 0 aliphatic carbocycles. The number of nitrogens with one attached hydrogen (secondary N) is 3. The molecule has 0 aliphatic heterocycles. The molecule has 28 heavy (non-hydrogen) atoms. The number of aliphatic carboxylic acids is 1. The highest BCUT2D eigenvalue weighted by Gasteiger charge is 2.33. The van der Waals surface area contributed by atoms with E-state index in [2.05, 4.69) is 16.0 Å². The number of aliphatic hydroxyl groups excluding tert-OH is 2. The zero-order valence-corrected chi connectivity index (χ0v) is 15.5. The number of nitrogens with two attached hydrogens (primary N) is 2. The fourth-order valence-electron chi connectivity index (χ4n) is 2.09. The van der Waals surface area contributed by atoms with Gasteiger partial charge in [0, 0.05) is 6.42 Å². The average Bonchev–Trinajstić information content (AvgIpc) is 2.59. The van der Waals surface area contributed by atoms with Gasteiger partial charge in [-0.3, -0.25) is 19.2 Å². The monoisotopic (exact) mass is 405 g/mol. The molecule has 0 rings (SSSR count). The van der Waals surface area contributed by atoms with Crippen LogP contribution in [0.2, 0.25) is 0 Å². The molecule has 0 aromatic rings. The molecule has 0 heterocycles. The van der Waals surface area contributed by atoms with Crippen molar-refractivity contribution >= 4 is 29.6 Å². The Morgan fingerprint density at radius 1 is 0.893 bits per heavy atom. The van der Waals surface area contributed by atoms with E-state index in [4.69, 9.17) is 16.6 Å². The van der Waals surface area contributed by atoms with Crippen LogP contribution in [0.4, 0.5) is 0 Å². The molecular weight excluding hydrogens is 378 g/mol. The van der Waals surface area contributed by atoms with E-state index in [-0.39, 0.29) is 12.8 Å². The Morgan fingerprint density at radius 3 is 1.75 bits per heavy atom. The van der Waals surface area contributed by atoms with Crippen molar-refractivity contribution in [1.29, 1.82) is 0 Å². The quantitative estimate of drug-likeness (QED) is 0.156. The lowest BCUT2D eigenvalue weighted by molar-refractivity contribution is -0.143. The first kappa shape index (κ1) is 25.2. The van der Waals surface area contributed by atoms with Crippen LogP contribution in [0.1, 0.15) is 26.7 Å². The van der Waals surface area contributed by atoms with E-state index in [1.54, 1.807) is 0 Å². The molecule has 10 N–H and O–H groups in total. The molecule has 0 aliphatic rings. The molecule has 13 heteroatoms. The van der Waals surface area contributed by atoms with Gasteiger partial charge >= 0.3 is 5.97 Å². The summed E-state index contributed by atoms with van der Waals surface area (Å²) in [5, 5.41) is 34.9. The highest BCUT2D eigenvalue weighted by molar-refractivity contribution is 5.94. The van der Waals surface area contributed by atoms with Gasteiger partial charge in [0.15, 0.2) is 0 Å². The first-order valence-corrected chi connectivity index (χ1v) is 8.38. The predicted molar refractivity (Wildman–Crippen MR) is 94.3 cm³/mol. The molecular formula is C15H27N5O8. The molecule has 5 unspecified atom stereocenters. The van der Waals surface area contributed by atoms with Crippen LogP contribution in [0, 0.1) is 0 Å². The van der Waals surface area contributed by atoms with Crippen molar-refractivity contribution in [2.24, 2.45) is 11.5 Å². The van der Waals surface area contributed by atoms with Crippen molar-refractivity contribution in [2.75, 3.05) is 6.54 Å². The van der Waals surface area contributed by atoms with Gasteiger partial charge in [-0.25, -0.2) is 4.79 Å². The van der Waals surface area contributed by atoms with Crippen molar-refractivity contribution in [3.63, 3.8) is 0 Å². The molecule has 0 fully saturated rings. The third kappa shape index (κ3) is 8.75. The number of rotatable bonds is 12. The summed E-state index contributed by atoms with van der Waals surface area (Å²) < 4.78 is 0. The maximum Gasteiger partial charge on any atom is 0.326 e. The lowest BCUT2D eigenvalue weighted by Gasteiger charge is -2.26. The van der Waals surface area contributed by atoms with E-state index in [0.29, 0.717) is 0 Å². The van der Waals surface area contributed by atoms with E-state index >= 15 is 0 Å². The number of amides is 4. The number of primary amides is 1. The Morgan fingerprint density at radius 2 is 1.36 bits per heavy atom. The fraction of sp³-hybridized carbons (Fsp3) is 0.667. The minimum absolute atomic E-state index is 0.292. The smallest absolute Gasteiger partial charge is 0.326 e. The summed E-state index contributed by atoms with van der Waals surface area (Å²) >= 11 is 0. The average molecular weight is 405 g/mol. The molecule has 0 aromatic carbocycles. The lowest BCUT2D eigenvalue weighted by atomic mass is 10.1. The highest BCUT2D eigenvalue weighted by Crippen LogP contribution is 2.02. The van der Waals surface area contributed by atoms with Crippen LogP contribution >= 0.6 is 0 Å². The summed E-state index contributed by atoms with van der Waals surface area (Å²) in [6, 6.07) is -4.54. The van der Waals surface area contributed by atoms with Gasteiger partial charge in [-0.05, 0) is 20.3 Å². The van der Waals surface area contributed by atoms with E-state index in [9.17, 15) is 34.2 Å². The molecule has 4 amide bonds. The second-order valence-corrected chi connectivity index (χ2v) is 6.12. The number of carboxylic acid groups (broad SMARTS) is 1. The van der Waals surface area contributed by atoms with Crippen LogP contribution in [0.5, 0.6) is 0 Å². The molecule has 13 nitrogen and oxygen atoms in total. The second kappa shape index (κ2) is 11.8. The molecule has 0 aromatic heterocycles. The topological polar surface area (TPSA) is 234 Å². The van der Waals surface area contributed by atoms with Crippen molar-refractivity contribution in [1.82, 2.24) is 16.0 Å². The van der Waals surface area contributed by atoms with Crippen LogP contribution in [0.15, 0.2) is 0 Å². The van der Waals surface area contributed by atoms with Gasteiger partial charge in [-0.15, -0.1) is 0 Å². The van der Waals surface area contributed by atoms with Crippen molar-refractivity contribution in [2.45, 2.75) is 57.0 Å². The van der Waals surface area contributed by atoms with Crippen molar-refractivity contribution < 1.29 is 39.3 Å². The van der Waals surface area contributed by atoms with Crippen LogP contribution in [0.25, 0.3) is 0 Å². The summed E-state index contributed by atoms with van der Waals surface area (Å²) in [7, 11) is 0. The normalized spacial score (nSPS) is 16.0. The molecule has 0 saturated heterocycles. The second-order valence-electron chi connectivity index (χ2n) is 6.12. The van der Waals surface area contributed by atoms with Gasteiger partial charge in [-0.2, -0.15) is 0 Å². The Labute approximate surface area is 160 Å². The number of carboxylic acids is 1. The number of carbonyl (C=O) groups excluding carboxylic acids is 4. The van der Waals surface area contributed by atoms with Crippen LogP contribution in [-0.4, -0.2) is 81.8 Å². The maximum absolute atomic E-state index is 12.3. The molecule has 0 bridgehead atoms. The lowest BCUT2D eigenvalue weighted by Crippen LogP contribution is -2.61. The number of aliphatic hydroxyl groups is 2. The Bertz CT molecular complexity index is 595. The van der Waals surface area contributed by atoms with E-state index < -0.39 is 66.5 Å². The molecule has 5 atom stereocenters. The van der Waals surface area contributed by atoms with Gasteiger partial charge < -0.3 is 42.7 Å². The third-order valence-electron chi connectivity index (χ3n) is 3.62. The third-order valence-corrected chi connectivity index (χ3v) is 3.62. The minimum atomic E-state index is -1.60. The Kier molecular flexibility index (Phi) is 10.7. The minimum Gasteiger partial charge on any atom is -0.480 e. The Balaban J connectivity index is 5.23. The first-order chi connectivity index (χ1) is 12.9. The summed E-state index contributed by atoms with van der Waals surface area (Å²) in [6.07, 6.45) is -3.40. The first-order valence-electron chi connectivity index (χ1n) is 8.38. The van der Waals surface area contributed by atoms with Crippen LogP contribution in [0.3, 0.4) is 0 Å². The molecule has 0 radical (unpaired) electrons. The van der Waals surface area contributed by atoms with Crippen LogP contribution in [-0.2, 0) is 24.0 Å². The van der Waals surface area contributed by atoms with Crippen LogP contribution < -0.4 is 27.4 Å². The van der Waals surface area contributed by atoms with Gasteiger partial charge in [0.2, 0.25) is 23.6 Å². The van der Waals surface area contributed by atoms with E-state index in [1.807, 2.05) is 0 Å². The van der Waals surface area contributed by atoms with Gasteiger partial charge in [-0.1, -0.05) is 0 Å². The zero-order chi connectivity index (χ0) is 22.0. The fourth-order valence-corrected chi connectivity index (χ4v) is 2.09.